The molecule has 1 fully saturated rings. The van der Waals surface area contributed by atoms with Crippen molar-refractivity contribution in [3.8, 4) is 0 Å². The SMILES string of the molecule is COC(=O)[C@H](N)CC1(C)CCC1. The summed E-state index contributed by atoms with van der Waals surface area (Å²) in [4.78, 5) is 11.0. The number of methoxy groups -OCH3 is 1. The maximum Gasteiger partial charge on any atom is 0.322 e. The predicted octanol–water partition coefficient (Wildman–Crippen LogP) is 1.07. The maximum absolute atomic E-state index is 11.0. The molecular formula is C9H17NO2. The van der Waals surface area contributed by atoms with E-state index < -0.39 is 6.04 Å². The summed E-state index contributed by atoms with van der Waals surface area (Å²) in [5, 5.41) is 0. The molecule has 0 aromatic carbocycles. The van der Waals surface area contributed by atoms with Crippen molar-refractivity contribution in [1.82, 2.24) is 0 Å². The van der Waals surface area contributed by atoms with E-state index in [4.69, 9.17) is 5.73 Å². The highest BCUT2D eigenvalue weighted by atomic mass is 16.5. The fourth-order valence-electron chi connectivity index (χ4n) is 1.75. The van der Waals surface area contributed by atoms with Gasteiger partial charge in [-0.05, 0) is 24.7 Å². The molecule has 1 rings (SSSR count). The molecule has 0 saturated heterocycles. The van der Waals surface area contributed by atoms with E-state index in [1.807, 2.05) is 0 Å². The molecule has 0 aliphatic heterocycles. The highest BCUT2D eigenvalue weighted by Crippen LogP contribution is 2.43. The first kappa shape index (κ1) is 9.52. The van der Waals surface area contributed by atoms with Gasteiger partial charge in [-0.3, -0.25) is 4.79 Å². The third kappa shape index (κ3) is 1.97. The number of ether oxygens (including phenoxy) is 1. The summed E-state index contributed by atoms with van der Waals surface area (Å²) in [6, 6.07) is -0.430. The summed E-state index contributed by atoms with van der Waals surface area (Å²) in [6.07, 6.45) is 4.42. The lowest BCUT2D eigenvalue weighted by Crippen LogP contribution is -2.39. The molecule has 70 valence electrons. The van der Waals surface area contributed by atoms with Gasteiger partial charge in [0.05, 0.1) is 7.11 Å². The maximum atomic E-state index is 11.0. The minimum Gasteiger partial charge on any atom is -0.468 e. The molecule has 2 N–H and O–H groups in total. The van der Waals surface area contributed by atoms with Gasteiger partial charge in [0.15, 0.2) is 0 Å². The Labute approximate surface area is 73.3 Å². The van der Waals surface area contributed by atoms with Crippen LogP contribution in [-0.4, -0.2) is 19.1 Å². The molecule has 1 saturated carbocycles. The van der Waals surface area contributed by atoms with Crippen molar-refractivity contribution in [1.29, 1.82) is 0 Å². The van der Waals surface area contributed by atoms with E-state index >= 15 is 0 Å². The van der Waals surface area contributed by atoms with Crippen molar-refractivity contribution < 1.29 is 9.53 Å². The number of nitrogens with two attached hydrogens (primary N) is 1. The largest absolute Gasteiger partial charge is 0.468 e. The van der Waals surface area contributed by atoms with Gasteiger partial charge < -0.3 is 10.5 Å². The monoisotopic (exact) mass is 171 g/mol. The Hall–Kier alpha value is -0.570. The van der Waals surface area contributed by atoms with Crippen LogP contribution in [0.2, 0.25) is 0 Å². The molecule has 1 aliphatic carbocycles. The highest BCUT2D eigenvalue weighted by Gasteiger charge is 2.35. The van der Waals surface area contributed by atoms with Gasteiger partial charge in [0.2, 0.25) is 0 Å². The summed E-state index contributed by atoms with van der Waals surface area (Å²) < 4.78 is 4.56. The molecule has 0 radical (unpaired) electrons. The number of hydrogen-bond acceptors (Lipinski definition) is 3. The van der Waals surface area contributed by atoms with Gasteiger partial charge >= 0.3 is 5.97 Å². The zero-order chi connectivity index (χ0) is 9.19. The van der Waals surface area contributed by atoms with Gasteiger partial charge in [0, 0.05) is 0 Å². The van der Waals surface area contributed by atoms with Crippen molar-refractivity contribution in [2.75, 3.05) is 7.11 Å². The molecule has 0 bridgehead atoms. The lowest BCUT2D eigenvalue weighted by Gasteiger charge is -2.39. The van der Waals surface area contributed by atoms with Gasteiger partial charge in [0.1, 0.15) is 6.04 Å². The molecule has 1 atom stereocenters. The first-order valence-electron chi connectivity index (χ1n) is 4.41. The van der Waals surface area contributed by atoms with Gasteiger partial charge in [-0.25, -0.2) is 0 Å². The zero-order valence-corrected chi connectivity index (χ0v) is 7.80. The molecule has 1 aliphatic rings. The average molecular weight is 171 g/mol. The van der Waals surface area contributed by atoms with Crippen molar-refractivity contribution >= 4 is 5.97 Å². The number of rotatable bonds is 3. The second-order valence-electron chi connectivity index (χ2n) is 4.00. The van der Waals surface area contributed by atoms with Crippen LogP contribution in [0.1, 0.15) is 32.6 Å². The lowest BCUT2D eigenvalue weighted by molar-refractivity contribution is -0.143. The average Bonchev–Trinajstić information content (AvgIpc) is 2.00. The molecule has 0 spiro atoms. The van der Waals surface area contributed by atoms with Crippen molar-refractivity contribution in [2.45, 2.75) is 38.6 Å². The summed E-state index contributed by atoms with van der Waals surface area (Å²) >= 11 is 0. The second kappa shape index (κ2) is 3.44. The highest BCUT2D eigenvalue weighted by molar-refractivity contribution is 5.75. The first-order valence-corrected chi connectivity index (χ1v) is 4.41. The van der Waals surface area contributed by atoms with E-state index in [2.05, 4.69) is 11.7 Å². The Bertz CT molecular complexity index is 175. The fourth-order valence-corrected chi connectivity index (χ4v) is 1.75. The van der Waals surface area contributed by atoms with E-state index in [9.17, 15) is 4.79 Å². The van der Waals surface area contributed by atoms with E-state index in [0.29, 0.717) is 5.41 Å². The smallest absolute Gasteiger partial charge is 0.322 e. The third-order valence-corrected chi connectivity index (χ3v) is 2.78. The molecular weight excluding hydrogens is 154 g/mol. The summed E-state index contributed by atoms with van der Waals surface area (Å²) in [5.41, 5.74) is 5.95. The van der Waals surface area contributed by atoms with Crippen LogP contribution in [0.4, 0.5) is 0 Å². The summed E-state index contributed by atoms with van der Waals surface area (Å²) in [5.74, 6) is -0.289. The summed E-state index contributed by atoms with van der Waals surface area (Å²) in [6.45, 7) is 2.18. The Balaban J connectivity index is 2.34. The molecule has 0 aromatic rings. The topological polar surface area (TPSA) is 52.3 Å². The van der Waals surface area contributed by atoms with Crippen molar-refractivity contribution in [3.05, 3.63) is 0 Å². The Morgan fingerprint density at radius 1 is 1.67 bits per heavy atom. The molecule has 0 amide bonds. The number of hydrogen-bond donors (Lipinski definition) is 1. The number of carbonyl (C=O) groups excluding carboxylic acids is 1. The first-order chi connectivity index (χ1) is 5.57. The van der Waals surface area contributed by atoms with Gasteiger partial charge in [-0.2, -0.15) is 0 Å². The van der Waals surface area contributed by atoms with Crippen LogP contribution in [0.5, 0.6) is 0 Å². The lowest BCUT2D eigenvalue weighted by atomic mass is 9.67. The molecule has 0 heterocycles. The molecule has 0 unspecified atom stereocenters. The quantitative estimate of drug-likeness (QED) is 0.646. The van der Waals surface area contributed by atoms with E-state index in [1.165, 1.54) is 26.4 Å². The fraction of sp³-hybridized carbons (Fsp3) is 0.889. The number of esters is 1. The Morgan fingerprint density at radius 2 is 2.25 bits per heavy atom. The minimum absolute atomic E-state index is 0.289. The van der Waals surface area contributed by atoms with Gasteiger partial charge in [-0.15, -0.1) is 0 Å². The van der Waals surface area contributed by atoms with Crippen molar-refractivity contribution in [3.63, 3.8) is 0 Å². The van der Waals surface area contributed by atoms with Crippen LogP contribution in [0.3, 0.4) is 0 Å². The van der Waals surface area contributed by atoms with E-state index in [0.717, 1.165) is 6.42 Å². The van der Waals surface area contributed by atoms with Crippen LogP contribution < -0.4 is 5.73 Å². The van der Waals surface area contributed by atoms with Gasteiger partial charge in [-0.1, -0.05) is 13.3 Å². The molecule has 0 aromatic heterocycles. The number of carbonyl (C=O) groups is 1. The van der Waals surface area contributed by atoms with E-state index in [-0.39, 0.29) is 5.97 Å². The molecule has 3 heteroatoms. The van der Waals surface area contributed by atoms with Crippen LogP contribution >= 0.6 is 0 Å². The molecule has 12 heavy (non-hydrogen) atoms. The zero-order valence-electron chi connectivity index (χ0n) is 7.80. The van der Waals surface area contributed by atoms with Crippen LogP contribution in [0.15, 0.2) is 0 Å². The van der Waals surface area contributed by atoms with Crippen LogP contribution in [0, 0.1) is 5.41 Å². The van der Waals surface area contributed by atoms with Crippen LogP contribution in [-0.2, 0) is 9.53 Å². The Morgan fingerprint density at radius 3 is 2.58 bits per heavy atom. The van der Waals surface area contributed by atoms with E-state index in [1.54, 1.807) is 0 Å². The standard InChI is InChI=1S/C9H17NO2/c1-9(4-3-5-9)6-7(10)8(11)12-2/h7H,3-6,10H2,1-2H3/t7-/m1/s1. The normalized spacial score (nSPS) is 22.6. The molecule has 3 nitrogen and oxygen atoms in total. The van der Waals surface area contributed by atoms with Crippen molar-refractivity contribution in [2.24, 2.45) is 11.1 Å². The van der Waals surface area contributed by atoms with Gasteiger partial charge in [0.25, 0.3) is 0 Å². The van der Waals surface area contributed by atoms with Crippen LogP contribution in [0.25, 0.3) is 0 Å². The second-order valence-corrected chi connectivity index (χ2v) is 4.00. The predicted molar refractivity (Wildman–Crippen MR) is 46.6 cm³/mol. The Kier molecular flexibility index (Phi) is 2.73. The minimum atomic E-state index is -0.430. The summed E-state index contributed by atoms with van der Waals surface area (Å²) in [7, 11) is 1.38. The third-order valence-electron chi connectivity index (χ3n) is 2.78.